The molecule has 4 aromatic rings. The number of benzene rings is 1. The highest BCUT2D eigenvalue weighted by Gasteiger charge is 2.50. The molecule has 4 aliphatic rings. The summed E-state index contributed by atoms with van der Waals surface area (Å²) in [5, 5.41) is 43.2. The summed E-state index contributed by atoms with van der Waals surface area (Å²) >= 11 is 0. The molecule has 4 aliphatic heterocycles. The molecule has 0 aliphatic carbocycles. The second-order valence-corrected chi connectivity index (χ2v) is 13.1. The molecule has 0 bridgehead atoms. The lowest BCUT2D eigenvalue weighted by Crippen LogP contribution is -2.62. The Morgan fingerprint density at radius 1 is 0.922 bits per heavy atom. The fourth-order valence-electron chi connectivity index (χ4n) is 7.48. The fourth-order valence-corrected chi connectivity index (χ4v) is 7.48. The van der Waals surface area contributed by atoms with Gasteiger partial charge in [-0.1, -0.05) is 6.07 Å². The lowest BCUT2D eigenvalue weighted by Gasteiger charge is -2.36. The minimum Gasteiger partial charge on any atom is -0.479 e. The number of aliphatic hydroxyl groups excluding tert-OH is 3. The molecule has 0 spiro atoms. The summed E-state index contributed by atoms with van der Waals surface area (Å²) in [6, 6.07) is 7.44. The summed E-state index contributed by atoms with van der Waals surface area (Å²) in [5.41, 5.74) is 1.78. The number of piperidine rings is 1. The number of ether oxygens (including phenoxy) is 1. The van der Waals surface area contributed by atoms with Gasteiger partial charge in [-0.15, -0.1) is 0 Å². The molecule has 0 saturated carbocycles. The number of carboxylic acid groups (broad SMARTS) is 1. The molecule has 3 aromatic heterocycles. The number of hydrogen-bond donors (Lipinski definition) is 5. The van der Waals surface area contributed by atoms with Gasteiger partial charge >= 0.3 is 17.6 Å². The van der Waals surface area contributed by atoms with Crippen LogP contribution >= 0.6 is 0 Å². The van der Waals surface area contributed by atoms with E-state index in [4.69, 9.17) is 9.57 Å². The Labute approximate surface area is 288 Å². The number of fused-ring (bicyclic) bond motifs is 1. The van der Waals surface area contributed by atoms with Gasteiger partial charge in [-0.05, 0) is 47.8 Å². The van der Waals surface area contributed by atoms with Gasteiger partial charge in [0.1, 0.15) is 29.7 Å². The van der Waals surface area contributed by atoms with Crippen molar-refractivity contribution in [2.75, 3.05) is 19.6 Å². The first-order chi connectivity index (χ1) is 24.5. The molecule has 2 saturated heterocycles. The van der Waals surface area contributed by atoms with Crippen LogP contribution in [0.15, 0.2) is 48.9 Å². The van der Waals surface area contributed by atoms with Crippen molar-refractivity contribution in [3.05, 3.63) is 71.6 Å². The maximum absolute atomic E-state index is 15.4. The lowest BCUT2D eigenvalue weighted by atomic mass is 9.98. The Kier molecular flexibility index (Phi) is 8.01. The topological polar surface area (TPSA) is 200 Å². The standard InChI is InChI=1S/C34H33FN6O10/c35-18-12-17-14-39(34(49)37-7-3-1-4-8-37)11-10-38-15-20(19(13-18)25(17)38)23-24(31(46)36-30(23)45)21-16-41(22-6-2-5-9-40(21)22)51-33-28(44)26(42)27(43)29(50-33)32(47)48/h2,5-6,9,12-13,15-16,26-29,33,42-44H,1,3-4,7-8,10-11,14H2,(H-,36,45,46,47,48)/p+1/t26-,27-,28+,29-,33-/m0/s1. The van der Waals surface area contributed by atoms with E-state index in [1.165, 1.54) is 22.7 Å². The molecule has 7 heterocycles. The van der Waals surface area contributed by atoms with Crippen molar-refractivity contribution >= 4 is 51.5 Å². The molecule has 1 aromatic carbocycles. The molecule has 0 unspecified atom stereocenters. The number of rotatable bonds is 5. The second-order valence-electron chi connectivity index (χ2n) is 13.1. The third-order valence-corrected chi connectivity index (χ3v) is 9.94. The number of aliphatic carboxylic acids is 1. The normalized spacial score (nSPS) is 25.5. The SMILES string of the molecule is O=C1NC(=O)C(c2cn(O[C@@H]3O[C@H](C(=O)O)[C@@H](O)[C@H](O)[C@H]3O)c3cccc[n+]23)=C1c1cn2c3c(cc(F)cc13)CN(C(=O)N1CCCCC1)CC2. The van der Waals surface area contributed by atoms with E-state index >= 15 is 4.39 Å². The van der Waals surface area contributed by atoms with Crippen LogP contribution in [0.3, 0.4) is 0 Å². The van der Waals surface area contributed by atoms with Crippen molar-refractivity contribution < 1.29 is 58.0 Å². The number of amides is 4. The molecule has 266 valence electrons. The largest absolute Gasteiger partial charge is 0.479 e. The zero-order chi connectivity index (χ0) is 35.7. The number of carboxylic acids is 1. The van der Waals surface area contributed by atoms with Crippen LogP contribution in [-0.2, 0) is 32.2 Å². The number of urea groups is 1. The fraction of sp³-hybridized carbons (Fsp3) is 0.382. The highest BCUT2D eigenvalue weighted by molar-refractivity contribution is 6.49. The van der Waals surface area contributed by atoms with Gasteiger partial charge in [-0.25, -0.2) is 14.0 Å². The second kappa shape index (κ2) is 12.4. The van der Waals surface area contributed by atoms with E-state index in [0.29, 0.717) is 48.2 Å². The number of pyridine rings is 1. The molecule has 5 atom stereocenters. The number of likely N-dealkylation sites (tertiary alicyclic amines) is 1. The summed E-state index contributed by atoms with van der Waals surface area (Å²) in [6.07, 6.45) is -1.88. The van der Waals surface area contributed by atoms with Crippen LogP contribution in [-0.4, -0.2) is 114 Å². The van der Waals surface area contributed by atoms with Crippen LogP contribution in [0.4, 0.5) is 9.18 Å². The highest BCUT2D eigenvalue weighted by Crippen LogP contribution is 2.38. The number of hydrogen-bond acceptors (Lipinski definition) is 9. The van der Waals surface area contributed by atoms with Crippen LogP contribution in [0.5, 0.6) is 0 Å². The molecule has 2 fully saturated rings. The van der Waals surface area contributed by atoms with Crippen LogP contribution in [0, 0.1) is 5.82 Å². The van der Waals surface area contributed by atoms with E-state index in [-0.39, 0.29) is 35.1 Å². The van der Waals surface area contributed by atoms with E-state index in [1.54, 1.807) is 35.5 Å². The first kappa shape index (κ1) is 32.8. The van der Waals surface area contributed by atoms with Crippen LogP contribution in [0.2, 0.25) is 0 Å². The number of aliphatic hydroxyl groups is 3. The number of aromatic nitrogens is 3. The van der Waals surface area contributed by atoms with Gasteiger partial charge in [-0.3, -0.25) is 14.9 Å². The van der Waals surface area contributed by atoms with Crippen LogP contribution in [0.25, 0.3) is 27.7 Å². The van der Waals surface area contributed by atoms with E-state index in [0.717, 1.165) is 24.0 Å². The van der Waals surface area contributed by atoms with Crippen molar-refractivity contribution in [3.8, 4) is 0 Å². The summed E-state index contributed by atoms with van der Waals surface area (Å²) in [5.74, 6) is -3.63. The van der Waals surface area contributed by atoms with Gasteiger partial charge in [0, 0.05) is 55.9 Å². The average Bonchev–Trinajstić information content (AvgIpc) is 3.71. The van der Waals surface area contributed by atoms with Crippen LogP contribution < -0.4 is 14.6 Å². The molecule has 17 heteroatoms. The monoisotopic (exact) mass is 705 g/mol. The molecule has 8 rings (SSSR count). The third kappa shape index (κ3) is 5.40. The van der Waals surface area contributed by atoms with Crippen molar-refractivity contribution in [1.29, 1.82) is 0 Å². The zero-order valence-electron chi connectivity index (χ0n) is 27.0. The number of nitrogens with zero attached hydrogens (tertiary/aromatic N) is 5. The smallest absolute Gasteiger partial charge is 0.335 e. The van der Waals surface area contributed by atoms with E-state index in [9.17, 15) is 39.6 Å². The molecule has 5 N–H and O–H groups in total. The molecule has 51 heavy (non-hydrogen) atoms. The predicted molar refractivity (Wildman–Crippen MR) is 172 cm³/mol. The van der Waals surface area contributed by atoms with Gasteiger partial charge in [0.25, 0.3) is 18.1 Å². The highest BCUT2D eigenvalue weighted by atomic mass is 19.1. The summed E-state index contributed by atoms with van der Waals surface area (Å²) < 4.78 is 25.1. The number of halogens is 1. The quantitative estimate of drug-likeness (QED) is 0.135. The first-order valence-electron chi connectivity index (χ1n) is 16.6. The number of imidazole rings is 1. The van der Waals surface area contributed by atoms with E-state index in [1.807, 2.05) is 9.47 Å². The average molecular weight is 706 g/mol. The maximum Gasteiger partial charge on any atom is 0.335 e. The Hall–Kier alpha value is -5.36. The number of carbonyl (C=O) groups is 4. The van der Waals surface area contributed by atoms with Gasteiger partial charge in [-0.2, -0.15) is 4.40 Å². The van der Waals surface area contributed by atoms with Crippen molar-refractivity contribution in [3.63, 3.8) is 0 Å². The van der Waals surface area contributed by atoms with Crippen LogP contribution in [0.1, 0.15) is 36.1 Å². The van der Waals surface area contributed by atoms with Gasteiger partial charge < -0.3 is 44.4 Å². The van der Waals surface area contributed by atoms with Crippen molar-refractivity contribution in [2.45, 2.75) is 63.1 Å². The molecular weight excluding hydrogens is 671 g/mol. The predicted octanol–water partition coefficient (Wildman–Crippen LogP) is -0.370. The van der Waals surface area contributed by atoms with Crippen molar-refractivity contribution in [1.82, 2.24) is 24.4 Å². The Morgan fingerprint density at radius 2 is 1.69 bits per heavy atom. The number of imide groups is 1. The molecular formula is C34H34FN6O10+. The van der Waals surface area contributed by atoms with Crippen molar-refractivity contribution in [2.24, 2.45) is 0 Å². The summed E-state index contributed by atoms with van der Waals surface area (Å²) in [6.45, 7) is 2.21. The maximum atomic E-state index is 15.4. The van der Waals surface area contributed by atoms with E-state index < -0.39 is 54.3 Å². The molecule has 16 nitrogen and oxygen atoms in total. The molecule has 0 radical (unpaired) electrons. The van der Waals surface area contributed by atoms with Gasteiger partial charge in [0.2, 0.25) is 0 Å². The summed E-state index contributed by atoms with van der Waals surface area (Å²) in [7, 11) is 0. The van der Waals surface area contributed by atoms with Gasteiger partial charge in [0.05, 0.1) is 17.3 Å². The first-order valence-corrected chi connectivity index (χ1v) is 16.6. The Bertz CT molecular complexity index is 2160. The minimum absolute atomic E-state index is 0.0315. The van der Waals surface area contributed by atoms with E-state index in [2.05, 4.69) is 5.32 Å². The zero-order valence-corrected chi connectivity index (χ0v) is 27.0. The minimum atomic E-state index is -1.93. The number of carbonyl (C=O) groups excluding carboxylic acids is 3. The third-order valence-electron chi connectivity index (χ3n) is 9.94. The Balaban J connectivity index is 1.21. The van der Waals surface area contributed by atoms with Gasteiger partial charge in [0.15, 0.2) is 18.0 Å². The molecule has 4 amide bonds. The summed E-state index contributed by atoms with van der Waals surface area (Å²) in [4.78, 5) is 61.6. The lowest BCUT2D eigenvalue weighted by molar-refractivity contribution is -0.514. The number of nitrogens with one attached hydrogen (secondary N) is 1. The Morgan fingerprint density at radius 3 is 2.45 bits per heavy atom.